The highest BCUT2D eigenvalue weighted by Crippen LogP contribution is 2.28. The van der Waals surface area contributed by atoms with Gasteiger partial charge < -0.3 is 9.80 Å². The Hall–Kier alpha value is -1.35. The highest BCUT2D eigenvalue weighted by molar-refractivity contribution is 5.78. The van der Waals surface area contributed by atoms with E-state index in [2.05, 4.69) is 36.2 Å². The summed E-state index contributed by atoms with van der Waals surface area (Å²) in [5, 5.41) is 0. The third-order valence-electron chi connectivity index (χ3n) is 4.69. The van der Waals surface area contributed by atoms with Crippen molar-refractivity contribution in [3.05, 3.63) is 35.4 Å². The van der Waals surface area contributed by atoms with Crippen LogP contribution in [0.4, 0.5) is 0 Å². The van der Waals surface area contributed by atoms with E-state index in [9.17, 15) is 4.79 Å². The summed E-state index contributed by atoms with van der Waals surface area (Å²) in [6.07, 6.45) is 4.26. The molecule has 0 aliphatic carbocycles. The van der Waals surface area contributed by atoms with Crippen molar-refractivity contribution in [2.45, 2.75) is 38.1 Å². The Morgan fingerprint density at radius 2 is 2.00 bits per heavy atom. The Morgan fingerprint density at radius 1 is 1.20 bits per heavy atom. The van der Waals surface area contributed by atoms with E-state index >= 15 is 0 Å². The highest BCUT2D eigenvalue weighted by Gasteiger charge is 2.21. The number of hydrogen-bond acceptors (Lipinski definition) is 2. The molecule has 0 atom stereocenters. The molecule has 20 heavy (non-hydrogen) atoms. The summed E-state index contributed by atoms with van der Waals surface area (Å²) >= 11 is 0. The van der Waals surface area contributed by atoms with Crippen LogP contribution in [0.2, 0.25) is 0 Å². The van der Waals surface area contributed by atoms with Crippen LogP contribution in [-0.2, 0) is 11.3 Å². The molecular weight excluding hydrogens is 248 g/mol. The predicted molar refractivity (Wildman–Crippen MR) is 80.6 cm³/mol. The predicted octanol–water partition coefficient (Wildman–Crippen LogP) is 2.62. The van der Waals surface area contributed by atoms with Crippen molar-refractivity contribution in [3.63, 3.8) is 0 Å². The number of likely N-dealkylation sites (tertiary alicyclic amines) is 2. The zero-order valence-electron chi connectivity index (χ0n) is 12.3. The molecule has 0 spiro atoms. The summed E-state index contributed by atoms with van der Waals surface area (Å²) in [5.74, 6) is 1.01. The largest absolute Gasteiger partial charge is 0.338 e. The van der Waals surface area contributed by atoms with Crippen molar-refractivity contribution in [3.8, 4) is 0 Å². The SMILES string of the molecule is CN1CCC(c2cccc(CN3CCCC3=O)c2)CC1. The van der Waals surface area contributed by atoms with Crippen LogP contribution in [0.3, 0.4) is 0 Å². The lowest BCUT2D eigenvalue weighted by atomic mass is 9.89. The lowest BCUT2D eigenvalue weighted by molar-refractivity contribution is -0.128. The number of nitrogens with zero attached hydrogens (tertiary/aromatic N) is 2. The first-order chi connectivity index (χ1) is 9.72. The third-order valence-corrected chi connectivity index (χ3v) is 4.69. The molecule has 2 aliphatic heterocycles. The Balaban J connectivity index is 1.68. The summed E-state index contributed by atoms with van der Waals surface area (Å²) in [4.78, 5) is 16.1. The summed E-state index contributed by atoms with van der Waals surface area (Å²) in [6, 6.07) is 8.89. The minimum absolute atomic E-state index is 0.315. The molecule has 2 heterocycles. The number of piperidine rings is 1. The normalized spacial score (nSPS) is 21.6. The van der Waals surface area contributed by atoms with Crippen molar-refractivity contribution in [2.75, 3.05) is 26.7 Å². The minimum Gasteiger partial charge on any atom is -0.338 e. The van der Waals surface area contributed by atoms with Crippen molar-refractivity contribution >= 4 is 5.91 Å². The smallest absolute Gasteiger partial charge is 0.222 e. The molecule has 3 nitrogen and oxygen atoms in total. The van der Waals surface area contributed by atoms with Gasteiger partial charge in [-0.25, -0.2) is 0 Å². The maximum Gasteiger partial charge on any atom is 0.222 e. The van der Waals surface area contributed by atoms with Gasteiger partial charge in [0.2, 0.25) is 5.91 Å². The monoisotopic (exact) mass is 272 g/mol. The average Bonchev–Trinajstić information content (AvgIpc) is 2.85. The van der Waals surface area contributed by atoms with Gasteiger partial charge in [0.25, 0.3) is 0 Å². The molecule has 0 saturated carbocycles. The van der Waals surface area contributed by atoms with Crippen LogP contribution in [0.25, 0.3) is 0 Å². The van der Waals surface area contributed by atoms with E-state index in [1.807, 2.05) is 4.90 Å². The number of amides is 1. The lowest BCUT2D eigenvalue weighted by Gasteiger charge is -2.29. The molecule has 2 aliphatic rings. The Labute approximate surface area is 121 Å². The molecule has 3 heteroatoms. The van der Waals surface area contributed by atoms with Crippen LogP contribution in [0.1, 0.15) is 42.7 Å². The molecule has 0 N–H and O–H groups in total. The summed E-state index contributed by atoms with van der Waals surface area (Å²) in [7, 11) is 2.20. The van der Waals surface area contributed by atoms with Gasteiger partial charge in [0, 0.05) is 19.5 Å². The molecular formula is C17H24N2O. The van der Waals surface area contributed by atoms with E-state index in [0.29, 0.717) is 11.8 Å². The zero-order chi connectivity index (χ0) is 13.9. The zero-order valence-corrected chi connectivity index (χ0v) is 12.3. The highest BCUT2D eigenvalue weighted by atomic mass is 16.2. The fourth-order valence-corrected chi connectivity index (χ4v) is 3.38. The summed E-state index contributed by atoms with van der Waals surface area (Å²) in [5.41, 5.74) is 2.75. The standard InChI is InChI=1S/C17H24N2O/c1-18-10-7-15(8-11-18)16-5-2-4-14(12-16)13-19-9-3-6-17(19)20/h2,4-5,12,15H,3,6-11,13H2,1H3. The second-order valence-electron chi connectivity index (χ2n) is 6.24. The molecule has 1 aromatic rings. The van der Waals surface area contributed by atoms with Gasteiger partial charge in [-0.3, -0.25) is 4.79 Å². The van der Waals surface area contributed by atoms with E-state index in [1.165, 1.54) is 37.1 Å². The summed E-state index contributed by atoms with van der Waals surface area (Å²) < 4.78 is 0. The van der Waals surface area contributed by atoms with Gasteiger partial charge in [-0.05, 0) is 56.4 Å². The van der Waals surface area contributed by atoms with E-state index < -0.39 is 0 Å². The number of carbonyl (C=O) groups is 1. The topological polar surface area (TPSA) is 23.6 Å². The first-order valence-corrected chi connectivity index (χ1v) is 7.77. The van der Waals surface area contributed by atoms with Crippen molar-refractivity contribution in [1.82, 2.24) is 9.80 Å². The maximum atomic E-state index is 11.7. The van der Waals surface area contributed by atoms with Gasteiger partial charge in [0.05, 0.1) is 0 Å². The van der Waals surface area contributed by atoms with Crippen LogP contribution in [0.15, 0.2) is 24.3 Å². The first-order valence-electron chi connectivity index (χ1n) is 7.77. The fourth-order valence-electron chi connectivity index (χ4n) is 3.38. The minimum atomic E-state index is 0.315. The van der Waals surface area contributed by atoms with Crippen molar-refractivity contribution in [1.29, 1.82) is 0 Å². The van der Waals surface area contributed by atoms with Crippen LogP contribution in [0.5, 0.6) is 0 Å². The second kappa shape index (κ2) is 5.96. The fraction of sp³-hybridized carbons (Fsp3) is 0.588. The molecule has 1 amide bonds. The van der Waals surface area contributed by atoms with E-state index in [1.54, 1.807) is 0 Å². The molecule has 0 radical (unpaired) electrons. The van der Waals surface area contributed by atoms with Crippen molar-refractivity contribution < 1.29 is 4.79 Å². The number of benzene rings is 1. The van der Waals surface area contributed by atoms with Gasteiger partial charge >= 0.3 is 0 Å². The van der Waals surface area contributed by atoms with Crippen LogP contribution in [0, 0.1) is 0 Å². The van der Waals surface area contributed by atoms with Crippen LogP contribution < -0.4 is 0 Å². The average molecular weight is 272 g/mol. The van der Waals surface area contributed by atoms with Crippen molar-refractivity contribution in [2.24, 2.45) is 0 Å². The van der Waals surface area contributed by atoms with Crippen LogP contribution >= 0.6 is 0 Å². The maximum absolute atomic E-state index is 11.7. The molecule has 1 aromatic carbocycles. The lowest BCUT2D eigenvalue weighted by Crippen LogP contribution is -2.29. The summed E-state index contributed by atoms with van der Waals surface area (Å²) in [6.45, 7) is 4.11. The Kier molecular flexibility index (Phi) is 4.06. The van der Waals surface area contributed by atoms with Gasteiger partial charge in [0.1, 0.15) is 0 Å². The first kappa shape index (κ1) is 13.6. The molecule has 0 bridgehead atoms. The van der Waals surface area contributed by atoms with Gasteiger partial charge in [-0.2, -0.15) is 0 Å². The molecule has 0 aromatic heterocycles. The van der Waals surface area contributed by atoms with Gasteiger partial charge in [-0.1, -0.05) is 24.3 Å². The van der Waals surface area contributed by atoms with Crippen LogP contribution in [-0.4, -0.2) is 42.4 Å². The van der Waals surface area contributed by atoms with Gasteiger partial charge in [-0.15, -0.1) is 0 Å². The van der Waals surface area contributed by atoms with E-state index in [0.717, 1.165) is 25.9 Å². The third kappa shape index (κ3) is 3.04. The molecule has 0 unspecified atom stereocenters. The number of hydrogen-bond donors (Lipinski definition) is 0. The number of rotatable bonds is 3. The van der Waals surface area contributed by atoms with E-state index in [4.69, 9.17) is 0 Å². The Bertz CT molecular complexity index is 478. The molecule has 2 saturated heterocycles. The molecule has 3 rings (SSSR count). The molecule has 2 fully saturated rings. The molecule has 108 valence electrons. The van der Waals surface area contributed by atoms with Gasteiger partial charge in [0.15, 0.2) is 0 Å². The van der Waals surface area contributed by atoms with E-state index in [-0.39, 0.29) is 0 Å². The number of carbonyl (C=O) groups excluding carboxylic acids is 1. The quantitative estimate of drug-likeness (QED) is 0.844. The second-order valence-corrected chi connectivity index (χ2v) is 6.24. The Morgan fingerprint density at radius 3 is 2.70 bits per heavy atom.